The predicted molar refractivity (Wildman–Crippen MR) is 99.5 cm³/mol. The quantitative estimate of drug-likeness (QED) is 0.674. The van der Waals surface area contributed by atoms with E-state index in [-0.39, 0.29) is 12.6 Å². The molecule has 1 heterocycles. The van der Waals surface area contributed by atoms with E-state index in [0.29, 0.717) is 18.9 Å². The number of ether oxygens (including phenoxy) is 2. The van der Waals surface area contributed by atoms with E-state index >= 15 is 0 Å². The van der Waals surface area contributed by atoms with E-state index < -0.39 is 0 Å². The van der Waals surface area contributed by atoms with E-state index in [9.17, 15) is 4.39 Å². The Bertz CT molecular complexity index is 808. The molecule has 0 spiro atoms. The van der Waals surface area contributed by atoms with Crippen molar-refractivity contribution in [3.05, 3.63) is 64.5 Å². The molecule has 1 aliphatic rings. The van der Waals surface area contributed by atoms with E-state index in [1.807, 2.05) is 24.1 Å². The van der Waals surface area contributed by atoms with Crippen LogP contribution in [0.3, 0.4) is 0 Å². The molecule has 0 unspecified atom stereocenters. The van der Waals surface area contributed by atoms with Crippen LogP contribution in [0.15, 0.2) is 41.4 Å². The van der Waals surface area contributed by atoms with Crippen molar-refractivity contribution in [2.45, 2.75) is 26.6 Å². The van der Waals surface area contributed by atoms with E-state index in [2.05, 4.69) is 29.4 Å². The Morgan fingerprint density at radius 2 is 2.08 bits per heavy atom. The van der Waals surface area contributed by atoms with Crippen molar-refractivity contribution in [1.29, 1.82) is 0 Å². The minimum absolute atomic E-state index is 0.188. The summed E-state index contributed by atoms with van der Waals surface area (Å²) in [5.41, 5.74) is 3.97. The van der Waals surface area contributed by atoms with Crippen molar-refractivity contribution in [3.8, 4) is 5.75 Å². The van der Waals surface area contributed by atoms with Gasteiger partial charge in [0.2, 0.25) is 0 Å². The van der Waals surface area contributed by atoms with E-state index in [1.165, 1.54) is 23.3 Å². The van der Waals surface area contributed by atoms with Gasteiger partial charge in [-0.1, -0.05) is 24.3 Å². The monoisotopic (exact) mass is 357 g/mol. The highest BCUT2D eigenvalue weighted by molar-refractivity contribution is 5.79. The average molecular weight is 357 g/mol. The third kappa shape index (κ3) is 4.14. The number of aliphatic imine (C=N–C) groups is 1. The topological polar surface area (TPSA) is 46.1 Å². The summed E-state index contributed by atoms with van der Waals surface area (Å²) in [6, 6.07) is 11.2. The van der Waals surface area contributed by atoms with Gasteiger partial charge in [0.1, 0.15) is 11.6 Å². The molecule has 0 aliphatic carbocycles. The Morgan fingerprint density at radius 3 is 2.85 bits per heavy atom. The van der Waals surface area contributed by atoms with Crippen molar-refractivity contribution in [2.75, 3.05) is 20.9 Å². The minimum Gasteiger partial charge on any atom is -0.467 e. The van der Waals surface area contributed by atoms with Crippen LogP contribution < -0.4 is 10.1 Å². The molecule has 0 radical (unpaired) electrons. The zero-order valence-corrected chi connectivity index (χ0v) is 15.4. The van der Waals surface area contributed by atoms with Gasteiger partial charge >= 0.3 is 0 Å². The normalized spacial score (nSPS) is 13.8. The van der Waals surface area contributed by atoms with Crippen LogP contribution in [-0.2, 0) is 24.4 Å². The molecule has 3 rings (SSSR count). The molecule has 6 heteroatoms. The highest BCUT2D eigenvalue weighted by Crippen LogP contribution is 2.29. The number of aryl methyl sites for hydroxylation is 1. The van der Waals surface area contributed by atoms with E-state index in [4.69, 9.17) is 9.47 Å². The Balaban J connectivity index is 1.70. The van der Waals surface area contributed by atoms with Gasteiger partial charge in [-0.15, -0.1) is 0 Å². The van der Waals surface area contributed by atoms with Crippen LogP contribution >= 0.6 is 0 Å². The number of hydrogen-bond donors (Lipinski definition) is 1. The maximum absolute atomic E-state index is 13.9. The number of hydrogen-bond acceptors (Lipinski definition) is 3. The molecule has 0 saturated heterocycles. The predicted octanol–water partition coefficient (Wildman–Crippen LogP) is 3.21. The maximum Gasteiger partial charge on any atom is 0.193 e. The second-order valence-electron chi connectivity index (χ2n) is 6.35. The van der Waals surface area contributed by atoms with Gasteiger partial charge in [0.15, 0.2) is 12.8 Å². The Kier molecular flexibility index (Phi) is 5.73. The molecule has 1 N–H and O–H groups in total. The molecule has 138 valence electrons. The lowest BCUT2D eigenvalue weighted by molar-refractivity contribution is -0.0173. The van der Waals surface area contributed by atoms with Crippen LogP contribution in [0.2, 0.25) is 0 Å². The summed E-state index contributed by atoms with van der Waals surface area (Å²) in [6.07, 6.45) is 0. The highest BCUT2D eigenvalue weighted by atomic mass is 19.1. The van der Waals surface area contributed by atoms with Crippen LogP contribution in [0.25, 0.3) is 0 Å². The number of benzene rings is 2. The third-order valence-electron chi connectivity index (χ3n) is 4.43. The Hall–Kier alpha value is -2.60. The van der Waals surface area contributed by atoms with Crippen molar-refractivity contribution in [1.82, 2.24) is 10.2 Å². The summed E-state index contributed by atoms with van der Waals surface area (Å²) in [5.74, 6) is 1.14. The van der Waals surface area contributed by atoms with Crippen molar-refractivity contribution < 1.29 is 13.9 Å². The van der Waals surface area contributed by atoms with Crippen LogP contribution in [-0.4, -0.2) is 31.7 Å². The number of halogens is 1. The number of nitrogens with one attached hydrogen (secondary N) is 1. The molecule has 26 heavy (non-hydrogen) atoms. The lowest BCUT2D eigenvalue weighted by atomic mass is 10.1. The first-order chi connectivity index (χ1) is 12.6. The standard InChI is InChI=1S/C20H24FN3O2/c1-14-6-4-5-7-15(14)11-24(3)20(22-2)23-10-16-8-18(21)9-17-12-25-13-26-19(16)17/h4-9H,10-13H2,1-3H3,(H,22,23). The van der Waals surface area contributed by atoms with Crippen molar-refractivity contribution in [3.63, 3.8) is 0 Å². The first-order valence-corrected chi connectivity index (χ1v) is 8.56. The molecular weight excluding hydrogens is 333 g/mol. The Labute approximate surface area is 153 Å². The molecule has 0 fully saturated rings. The van der Waals surface area contributed by atoms with Crippen molar-refractivity contribution in [2.24, 2.45) is 4.99 Å². The van der Waals surface area contributed by atoms with Crippen LogP contribution in [0.1, 0.15) is 22.3 Å². The van der Waals surface area contributed by atoms with Gasteiger partial charge in [0.05, 0.1) is 6.61 Å². The zero-order chi connectivity index (χ0) is 18.5. The second-order valence-corrected chi connectivity index (χ2v) is 6.35. The number of fused-ring (bicyclic) bond motifs is 1. The second kappa shape index (κ2) is 8.19. The molecule has 2 aromatic rings. The summed E-state index contributed by atoms with van der Waals surface area (Å²) in [5, 5.41) is 3.29. The SMILES string of the molecule is CN=C(NCc1cc(F)cc2c1OCOC2)N(C)Cc1ccccc1C. The molecule has 1 aliphatic heterocycles. The van der Waals surface area contributed by atoms with Crippen molar-refractivity contribution >= 4 is 5.96 Å². The minimum atomic E-state index is -0.294. The lowest BCUT2D eigenvalue weighted by Crippen LogP contribution is -2.38. The number of nitrogens with zero attached hydrogens (tertiary/aromatic N) is 2. The molecular formula is C20H24FN3O2. The summed E-state index contributed by atoms with van der Waals surface area (Å²) in [7, 11) is 3.72. The van der Waals surface area contributed by atoms with Gasteiger partial charge in [0.25, 0.3) is 0 Å². The molecule has 0 aromatic heterocycles. The molecule has 5 nitrogen and oxygen atoms in total. The fourth-order valence-corrected chi connectivity index (χ4v) is 3.06. The first-order valence-electron chi connectivity index (χ1n) is 8.56. The van der Waals surface area contributed by atoms with Gasteiger partial charge in [0, 0.05) is 38.3 Å². The number of guanidine groups is 1. The van der Waals surface area contributed by atoms with Crippen LogP contribution in [0.5, 0.6) is 5.75 Å². The smallest absolute Gasteiger partial charge is 0.193 e. The third-order valence-corrected chi connectivity index (χ3v) is 4.43. The fourth-order valence-electron chi connectivity index (χ4n) is 3.06. The van der Waals surface area contributed by atoms with Gasteiger partial charge in [-0.2, -0.15) is 0 Å². The summed E-state index contributed by atoms with van der Waals surface area (Å²) in [6.45, 7) is 3.80. The molecule has 0 amide bonds. The van der Waals surface area contributed by atoms with Gasteiger partial charge < -0.3 is 19.7 Å². The first kappa shape index (κ1) is 18.2. The van der Waals surface area contributed by atoms with Crippen LogP contribution in [0, 0.1) is 12.7 Å². The highest BCUT2D eigenvalue weighted by Gasteiger charge is 2.17. The van der Waals surface area contributed by atoms with Gasteiger partial charge in [-0.25, -0.2) is 4.39 Å². The van der Waals surface area contributed by atoms with Crippen LogP contribution in [0.4, 0.5) is 4.39 Å². The maximum atomic E-state index is 13.9. The van der Waals surface area contributed by atoms with E-state index in [0.717, 1.165) is 23.6 Å². The molecule has 0 atom stereocenters. The Morgan fingerprint density at radius 1 is 1.27 bits per heavy atom. The summed E-state index contributed by atoms with van der Waals surface area (Å²) < 4.78 is 24.7. The number of rotatable bonds is 4. The largest absolute Gasteiger partial charge is 0.467 e. The van der Waals surface area contributed by atoms with E-state index in [1.54, 1.807) is 7.05 Å². The van der Waals surface area contributed by atoms with Gasteiger partial charge in [-0.3, -0.25) is 4.99 Å². The fraction of sp³-hybridized carbons (Fsp3) is 0.350. The lowest BCUT2D eigenvalue weighted by Gasteiger charge is -2.25. The summed E-state index contributed by atoms with van der Waals surface area (Å²) in [4.78, 5) is 6.38. The molecule has 2 aromatic carbocycles. The van der Waals surface area contributed by atoms with Gasteiger partial charge in [-0.05, 0) is 30.2 Å². The summed E-state index contributed by atoms with van der Waals surface area (Å²) >= 11 is 0. The zero-order valence-electron chi connectivity index (χ0n) is 15.4. The average Bonchev–Trinajstić information content (AvgIpc) is 2.64. The molecule has 0 bridgehead atoms. The molecule has 0 saturated carbocycles.